The lowest BCUT2D eigenvalue weighted by Crippen LogP contribution is -2.20. The van der Waals surface area contributed by atoms with E-state index in [4.69, 9.17) is 14.6 Å². The van der Waals surface area contributed by atoms with Crippen LogP contribution in [0.5, 0.6) is 5.75 Å². The van der Waals surface area contributed by atoms with Gasteiger partial charge in [-0.3, -0.25) is 4.79 Å². The number of rotatable bonds is 7. The molecule has 6 heteroatoms. The first kappa shape index (κ1) is 15.0. The van der Waals surface area contributed by atoms with E-state index < -0.39 is 11.9 Å². The number of benzene rings is 1. The van der Waals surface area contributed by atoms with Gasteiger partial charge in [0.25, 0.3) is 0 Å². The summed E-state index contributed by atoms with van der Waals surface area (Å²) in [5, 5.41) is 11.5. The second-order valence-corrected chi connectivity index (χ2v) is 3.82. The number of aromatic carboxylic acids is 1. The highest BCUT2D eigenvalue weighted by atomic mass is 16.5. The number of methoxy groups -OCH3 is 1. The molecule has 0 atom stereocenters. The minimum Gasteiger partial charge on any atom is -0.497 e. The van der Waals surface area contributed by atoms with Crippen LogP contribution in [0.15, 0.2) is 18.2 Å². The third-order valence-electron chi connectivity index (χ3n) is 2.31. The summed E-state index contributed by atoms with van der Waals surface area (Å²) in [4.78, 5) is 22.6. The largest absolute Gasteiger partial charge is 0.497 e. The fraction of sp³-hybridized carbons (Fsp3) is 0.385. The zero-order valence-electron chi connectivity index (χ0n) is 10.9. The van der Waals surface area contributed by atoms with Crippen LogP contribution in [-0.2, 0) is 9.53 Å². The number of anilines is 1. The predicted octanol–water partition coefficient (Wildman–Crippen LogP) is 1.76. The molecule has 1 aromatic carbocycles. The molecule has 0 aromatic heterocycles. The molecule has 1 aromatic rings. The summed E-state index contributed by atoms with van der Waals surface area (Å²) in [5.74, 6) is -1.05. The number of amides is 1. The highest BCUT2D eigenvalue weighted by Gasteiger charge is 2.13. The molecule has 1 rings (SSSR count). The van der Waals surface area contributed by atoms with E-state index in [0.717, 1.165) is 6.42 Å². The summed E-state index contributed by atoms with van der Waals surface area (Å²) in [6.07, 6.45) is 0.812. The van der Waals surface area contributed by atoms with Gasteiger partial charge in [-0.1, -0.05) is 6.92 Å². The number of carboxylic acids is 1. The molecule has 104 valence electrons. The first-order valence-electron chi connectivity index (χ1n) is 5.87. The Morgan fingerprint density at radius 1 is 1.37 bits per heavy atom. The van der Waals surface area contributed by atoms with Gasteiger partial charge in [0.1, 0.15) is 12.4 Å². The molecular weight excluding hydrogens is 250 g/mol. The van der Waals surface area contributed by atoms with E-state index >= 15 is 0 Å². The molecule has 0 bridgehead atoms. The molecule has 0 saturated carbocycles. The van der Waals surface area contributed by atoms with E-state index in [1.807, 2.05) is 6.92 Å². The van der Waals surface area contributed by atoms with Gasteiger partial charge in [-0.2, -0.15) is 0 Å². The number of ether oxygens (including phenoxy) is 2. The number of carbonyl (C=O) groups excluding carboxylic acids is 1. The molecule has 1 amide bonds. The van der Waals surface area contributed by atoms with Gasteiger partial charge in [0.15, 0.2) is 0 Å². The molecule has 0 aliphatic heterocycles. The summed E-state index contributed by atoms with van der Waals surface area (Å²) >= 11 is 0. The van der Waals surface area contributed by atoms with Crippen molar-refractivity contribution in [2.75, 3.05) is 25.6 Å². The number of carboxylic acid groups (broad SMARTS) is 1. The van der Waals surface area contributed by atoms with Crippen molar-refractivity contribution in [3.8, 4) is 5.75 Å². The van der Waals surface area contributed by atoms with Gasteiger partial charge in [-0.15, -0.1) is 0 Å². The lowest BCUT2D eigenvalue weighted by molar-refractivity contribution is -0.120. The molecule has 6 nitrogen and oxygen atoms in total. The Bertz CT molecular complexity index is 458. The standard InChI is InChI=1S/C13H17NO5/c1-3-6-19-8-12(15)14-11-7-9(18-2)4-5-10(11)13(16)17/h4-5,7H,3,6,8H2,1-2H3,(H,14,15)(H,16,17). The summed E-state index contributed by atoms with van der Waals surface area (Å²) in [6, 6.07) is 4.36. The Kier molecular flexibility index (Phi) is 5.81. The fourth-order valence-electron chi connectivity index (χ4n) is 1.44. The van der Waals surface area contributed by atoms with Crippen molar-refractivity contribution in [3.63, 3.8) is 0 Å². The van der Waals surface area contributed by atoms with Gasteiger partial charge in [0, 0.05) is 12.7 Å². The lowest BCUT2D eigenvalue weighted by atomic mass is 10.1. The predicted molar refractivity (Wildman–Crippen MR) is 69.7 cm³/mol. The van der Waals surface area contributed by atoms with Crippen molar-refractivity contribution in [1.29, 1.82) is 0 Å². The Labute approximate surface area is 111 Å². The average molecular weight is 267 g/mol. The molecule has 0 aliphatic carbocycles. The highest BCUT2D eigenvalue weighted by molar-refractivity contribution is 6.01. The topological polar surface area (TPSA) is 84.9 Å². The van der Waals surface area contributed by atoms with Crippen LogP contribution in [0, 0.1) is 0 Å². The quantitative estimate of drug-likeness (QED) is 0.735. The van der Waals surface area contributed by atoms with Gasteiger partial charge < -0.3 is 19.9 Å². The average Bonchev–Trinajstić information content (AvgIpc) is 2.38. The number of hydrogen-bond acceptors (Lipinski definition) is 4. The maximum Gasteiger partial charge on any atom is 0.337 e. The minimum atomic E-state index is -1.12. The van der Waals surface area contributed by atoms with Crippen LogP contribution in [0.4, 0.5) is 5.69 Å². The molecule has 0 unspecified atom stereocenters. The number of carbonyl (C=O) groups is 2. The monoisotopic (exact) mass is 267 g/mol. The molecule has 0 spiro atoms. The summed E-state index contributed by atoms with van der Waals surface area (Å²) in [6.45, 7) is 2.31. The maximum absolute atomic E-state index is 11.6. The Balaban J connectivity index is 2.79. The molecule has 19 heavy (non-hydrogen) atoms. The second-order valence-electron chi connectivity index (χ2n) is 3.82. The van der Waals surface area contributed by atoms with E-state index in [1.165, 1.54) is 25.3 Å². The number of nitrogens with one attached hydrogen (secondary N) is 1. The summed E-state index contributed by atoms with van der Waals surface area (Å²) in [7, 11) is 1.46. The van der Waals surface area contributed by atoms with Crippen LogP contribution in [0.1, 0.15) is 23.7 Å². The van der Waals surface area contributed by atoms with Gasteiger partial charge in [-0.25, -0.2) is 4.79 Å². The second kappa shape index (κ2) is 7.38. The molecule has 2 N–H and O–H groups in total. The summed E-state index contributed by atoms with van der Waals surface area (Å²) < 4.78 is 10.1. The van der Waals surface area contributed by atoms with Gasteiger partial charge in [0.05, 0.1) is 18.4 Å². The Hall–Kier alpha value is -2.08. The maximum atomic E-state index is 11.6. The van der Waals surface area contributed by atoms with Gasteiger partial charge in [0.2, 0.25) is 5.91 Å². The third kappa shape index (κ3) is 4.59. The van der Waals surface area contributed by atoms with Crippen LogP contribution in [0.25, 0.3) is 0 Å². The van der Waals surface area contributed by atoms with Crippen LogP contribution in [0.2, 0.25) is 0 Å². The van der Waals surface area contributed by atoms with Crippen molar-refractivity contribution in [3.05, 3.63) is 23.8 Å². The van der Waals surface area contributed by atoms with E-state index in [9.17, 15) is 9.59 Å². The first-order chi connectivity index (χ1) is 9.08. The molecule has 0 fully saturated rings. The van der Waals surface area contributed by atoms with Crippen molar-refractivity contribution in [1.82, 2.24) is 0 Å². The smallest absolute Gasteiger partial charge is 0.337 e. The third-order valence-corrected chi connectivity index (χ3v) is 2.31. The van der Waals surface area contributed by atoms with E-state index in [-0.39, 0.29) is 17.9 Å². The molecule has 0 aliphatic rings. The minimum absolute atomic E-state index is 0.00430. The molecule has 0 saturated heterocycles. The Morgan fingerprint density at radius 2 is 2.11 bits per heavy atom. The van der Waals surface area contributed by atoms with E-state index in [2.05, 4.69) is 5.32 Å². The number of hydrogen-bond donors (Lipinski definition) is 2. The van der Waals surface area contributed by atoms with Crippen molar-refractivity contribution < 1.29 is 24.2 Å². The van der Waals surface area contributed by atoms with Crippen molar-refractivity contribution in [2.45, 2.75) is 13.3 Å². The summed E-state index contributed by atoms with van der Waals surface area (Å²) in [5.41, 5.74) is 0.196. The fourth-order valence-corrected chi connectivity index (χ4v) is 1.44. The first-order valence-corrected chi connectivity index (χ1v) is 5.87. The molecule has 0 radical (unpaired) electrons. The van der Waals surface area contributed by atoms with E-state index in [1.54, 1.807) is 0 Å². The zero-order valence-corrected chi connectivity index (χ0v) is 10.9. The van der Waals surface area contributed by atoms with Crippen LogP contribution >= 0.6 is 0 Å². The van der Waals surface area contributed by atoms with Crippen LogP contribution in [-0.4, -0.2) is 37.3 Å². The molecular formula is C13H17NO5. The van der Waals surface area contributed by atoms with E-state index in [0.29, 0.717) is 12.4 Å². The SMILES string of the molecule is CCCOCC(=O)Nc1cc(OC)ccc1C(=O)O. The van der Waals surface area contributed by atoms with Crippen LogP contribution < -0.4 is 10.1 Å². The van der Waals surface area contributed by atoms with Crippen LogP contribution in [0.3, 0.4) is 0 Å². The molecule has 0 heterocycles. The zero-order chi connectivity index (χ0) is 14.3. The lowest BCUT2D eigenvalue weighted by Gasteiger charge is -2.10. The normalized spacial score (nSPS) is 10.0. The van der Waals surface area contributed by atoms with Crippen molar-refractivity contribution in [2.24, 2.45) is 0 Å². The van der Waals surface area contributed by atoms with Gasteiger partial charge >= 0.3 is 5.97 Å². The van der Waals surface area contributed by atoms with Crippen molar-refractivity contribution >= 4 is 17.6 Å². The highest BCUT2D eigenvalue weighted by Crippen LogP contribution is 2.22. The Morgan fingerprint density at radius 3 is 2.68 bits per heavy atom. The van der Waals surface area contributed by atoms with Gasteiger partial charge in [-0.05, 0) is 18.6 Å².